The molecule has 1 unspecified atom stereocenters. The van der Waals surface area contributed by atoms with Crippen LogP contribution in [0.3, 0.4) is 0 Å². The van der Waals surface area contributed by atoms with Crippen molar-refractivity contribution < 1.29 is 4.74 Å². The second-order valence-electron chi connectivity index (χ2n) is 5.61. The van der Waals surface area contributed by atoms with Crippen molar-refractivity contribution in [2.75, 3.05) is 6.54 Å². The van der Waals surface area contributed by atoms with Gasteiger partial charge in [0, 0.05) is 18.0 Å². The molecule has 1 N–H and O–H groups in total. The third-order valence-corrected chi connectivity index (χ3v) is 3.27. The minimum Gasteiger partial charge on any atom is -0.487 e. The molecule has 0 saturated heterocycles. The summed E-state index contributed by atoms with van der Waals surface area (Å²) in [5.74, 6) is 1.05. The van der Waals surface area contributed by atoms with E-state index >= 15 is 0 Å². The molecule has 0 amide bonds. The van der Waals surface area contributed by atoms with Crippen LogP contribution in [0.1, 0.15) is 50.8 Å². The number of aryl methyl sites for hydroxylation is 1. The van der Waals surface area contributed by atoms with Crippen LogP contribution in [0.2, 0.25) is 0 Å². The van der Waals surface area contributed by atoms with E-state index in [4.69, 9.17) is 4.74 Å². The van der Waals surface area contributed by atoms with Gasteiger partial charge in [-0.05, 0) is 45.4 Å². The van der Waals surface area contributed by atoms with E-state index in [9.17, 15) is 0 Å². The zero-order valence-corrected chi connectivity index (χ0v) is 11.3. The monoisotopic (exact) mass is 233 g/mol. The topological polar surface area (TPSA) is 21.3 Å². The summed E-state index contributed by atoms with van der Waals surface area (Å²) < 4.78 is 6.07. The zero-order valence-electron chi connectivity index (χ0n) is 11.3. The fourth-order valence-electron chi connectivity index (χ4n) is 2.46. The highest BCUT2D eigenvalue weighted by Gasteiger charge is 2.33. The van der Waals surface area contributed by atoms with E-state index in [2.05, 4.69) is 51.2 Å². The number of fused-ring (bicyclic) bond motifs is 1. The van der Waals surface area contributed by atoms with Gasteiger partial charge in [-0.15, -0.1) is 0 Å². The van der Waals surface area contributed by atoms with Crippen LogP contribution in [-0.4, -0.2) is 12.1 Å². The van der Waals surface area contributed by atoms with Gasteiger partial charge in [-0.2, -0.15) is 0 Å². The fraction of sp³-hybridized carbons (Fsp3) is 0.600. The van der Waals surface area contributed by atoms with Crippen molar-refractivity contribution in [3.8, 4) is 5.75 Å². The molecule has 1 aliphatic heterocycles. The molecule has 2 nitrogen and oxygen atoms in total. The van der Waals surface area contributed by atoms with Crippen molar-refractivity contribution in [1.29, 1.82) is 0 Å². The molecule has 1 heterocycles. The summed E-state index contributed by atoms with van der Waals surface area (Å²) in [5.41, 5.74) is 2.49. The molecular weight excluding hydrogens is 210 g/mol. The summed E-state index contributed by atoms with van der Waals surface area (Å²) in [4.78, 5) is 0. The molecule has 0 aromatic heterocycles. The Kier molecular flexibility index (Phi) is 3.43. The van der Waals surface area contributed by atoms with Crippen LogP contribution in [0.4, 0.5) is 0 Å². The number of hydrogen-bond donors (Lipinski definition) is 1. The molecule has 2 rings (SSSR count). The third kappa shape index (κ3) is 2.81. The smallest absolute Gasteiger partial charge is 0.125 e. The Balaban J connectivity index is 2.30. The molecule has 1 aromatic carbocycles. The maximum Gasteiger partial charge on any atom is 0.125 e. The first-order valence-electron chi connectivity index (χ1n) is 6.55. The van der Waals surface area contributed by atoms with E-state index in [1.54, 1.807) is 0 Å². The molecule has 1 atom stereocenters. The third-order valence-electron chi connectivity index (χ3n) is 3.27. The molecule has 1 aliphatic rings. The maximum absolute atomic E-state index is 6.07. The molecule has 94 valence electrons. The summed E-state index contributed by atoms with van der Waals surface area (Å²) in [6.07, 6.45) is 2.20. The summed E-state index contributed by atoms with van der Waals surface area (Å²) >= 11 is 0. The van der Waals surface area contributed by atoms with Crippen LogP contribution in [-0.2, 0) is 0 Å². The molecule has 17 heavy (non-hydrogen) atoms. The van der Waals surface area contributed by atoms with E-state index in [0.29, 0.717) is 6.04 Å². The van der Waals surface area contributed by atoms with E-state index < -0.39 is 0 Å². The van der Waals surface area contributed by atoms with Gasteiger partial charge in [0.2, 0.25) is 0 Å². The molecule has 0 fully saturated rings. The molecule has 1 aromatic rings. The van der Waals surface area contributed by atoms with Crippen LogP contribution in [0, 0.1) is 6.92 Å². The molecule has 0 spiro atoms. The van der Waals surface area contributed by atoms with Gasteiger partial charge in [0.05, 0.1) is 0 Å². The quantitative estimate of drug-likeness (QED) is 0.861. The van der Waals surface area contributed by atoms with Gasteiger partial charge >= 0.3 is 0 Å². The van der Waals surface area contributed by atoms with E-state index in [0.717, 1.165) is 18.7 Å². The number of benzene rings is 1. The highest BCUT2D eigenvalue weighted by Crippen LogP contribution is 2.39. The van der Waals surface area contributed by atoms with Crippen molar-refractivity contribution in [1.82, 2.24) is 5.32 Å². The zero-order chi connectivity index (χ0) is 12.5. The number of hydrogen-bond acceptors (Lipinski definition) is 2. The van der Waals surface area contributed by atoms with Crippen LogP contribution in [0.25, 0.3) is 0 Å². The molecule has 0 aliphatic carbocycles. The highest BCUT2D eigenvalue weighted by molar-refractivity contribution is 5.41. The van der Waals surface area contributed by atoms with Crippen molar-refractivity contribution in [2.45, 2.75) is 52.2 Å². The van der Waals surface area contributed by atoms with Crippen molar-refractivity contribution in [3.05, 3.63) is 29.3 Å². The van der Waals surface area contributed by atoms with Crippen LogP contribution in [0.5, 0.6) is 5.75 Å². The molecular formula is C15H23NO. The Morgan fingerprint density at radius 1 is 1.41 bits per heavy atom. The molecule has 0 bridgehead atoms. The summed E-state index contributed by atoms with van der Waals surface area (Å²) in [7, 11) is 0. The minimum atomic E-state index is -0.0772. The van der Waals surface area contributed by atoms with Gasteiger partial charge in [-0.25, -0.2) is 0 Å². The number of rotatable bonds is 3. The van der Waals surface area contributed by atoms with Crippen LogP contribution < -0.4 is 10.1 Å². The fourth-order valence-corrected chi connectivity index (χ4v) is 2.46. The first-order chi connectivity index (χ1) is 8.02. The van der Waals surface area contributed by atoms with Crippen molar-refractivity contribution in [3.63, 3.8) is 0 Å². The largest absolute Gasteiger partial charge is 0.487 e. The van der Waals surface area contributed by atoms with E-state index in [-0.39, 0.29) is 5.60 Å². The standard InChI is InChI=1S/C15H23NO/c1-5-8-16-13-10-15(3,4)17-14-9-11(2)6-7-12(13)14/h6-7,9,13,16H,5,8,10H2,1-4H3. The van der Waals surface area contributed by atoms with Crippen LogP contribution >= 0.6 is 0 Å². The van der Waals surface area contributed by atoms with Gasteiger partial charge in [-0.3, -0.25) is 0 Å². The lowest BCUT2D eigenvalue weighted by atomic mass is 9.89. The van der Waals surface area contributed by atoms with Gasteiger partial charge in [0.25, 0.3) is 0 Å². The normalized spacial score (nSPS) is 21.8. The molecule has 0 saturated carbocycles. The Morgan fingerprint density at radius 2 is 2.18 bits per heavy atom. The van der Waals surface area contributed by atoms with Gasteiger partial charge in [-0.1, -0.05) is 19.1 Å². The van der Waals surface area contributed by atoms with Gasteiger partial charge < -0.3 is 10.1 Å². The van der Waals surface area contributed by atoms with Gasteiger partial charge in [0.15, 0.2) is 0 Å². The Bertz CT molecular complexity index is 398. The van der Waals surface area contributed by atoms with E-state index in [1.165, 1.54) is 17.5 Å². The lowest BCUT2D eigenvalue weighted by molar-refractivity contribution is 0.0661. The first kappa shape index (κ1) is 12.4. The predicted octanol–water partition coefficient (Wildman–Crippen LogP) is 3.60. The second-order valence-corrected chi connectivity index (χ2v) is 5.61. The molecule has 0 radical (unpaired) electrons. The summed E-state index contributed by atoms with van der Waals surface area (Å²) in [6, 6.07) is 6.94. The second kappa shape index (κ2) is 4.69. The Labute approximate surface area is 104 Å². The number of ether oxygens (including phenoxy) is 1. The predicted molar refractivity (Wildman–Crippen MR) is 71.5 cm³/mol. The molecule has 2 heteroatoms. The first-order valence-corrected chi connectivity index (χ1v) is 6.55. The van der Waals surface area contributed by atoms with Crippen molar-refractivity contribution >= 4 is 0 Å². The summed E-state index contributed by atoms with van der Waals surface area (Å²) in [5, 5.41) is 3.62. The SMILES string of the molecule is CCCNC1CC(C)(C)Oc2cc(C)ccc21. The number of nitrogens with one attached hydrogen (secondary N) is 1. The lowest BCUT2D eigenvalue weighted by Crippen LogP contribution is -2.39. The Hall–Kier alpha value is -1.02. The van der Waals surface area contributed by atoms with Gasteiger partial charge in [0.1, 0.15) is 11.4 Å². The van der Waals surface area contributed by atoms with Crippen molar-refractivity contribution in [2.24, 2.45) is 0 Å². The maximum atomic E-state index is 6.07. The van der Waals surface area contributed by atoms with Crippen LogP contribution in [0.15, 0.2) is 18.2 Å². The minimum absolute atomic E-state index is 0.0772. The summed E-state index contributed by atoms with van der Waals surface area (Å²) in [6.45, 7) is 9.71. The highest BCUT2D eigenvalue weighted by atomic mass is 16.5. The van der Waals surface area contributed by atoms with E-state index in [1.807, 2.05) is 0 Å². The average molecular weight is 233 g/mol. The lowest BCUT2D eigenvalue weighted by Gasteiger charge is -2.38. The Morgan fingerprint density at radius 3 is 2.88 bits per heavy atom. The average Bonchev–Trinajstić information content (AvgIpc) is 2.23.